The van der Waals surface area contributed by atoms with Gasteiger partial charge in [-0.2, -0.15) is 0 Å². The molecule has 26 heavy (non-hydrogen) atoms. The zero-order chi connectivity index (χ0) is 18.7. The molecule has 0 aliphatic rings. The van der Waals surface area contributed by atoms with Crippen LogP contribution in [0.1, 0.15) is 34.5 Å². The van der Waals surface area contributed by atoms with E-state index in [0.29, 0.717) is 12.3 Å². The number of hydrogen-bond acceptors (Lipinski definition) is 3. The molecule has 0 bridgehead atoms. The van der Waals surface area contributed by atoms with Crippen molar-refractivity contribution in [3.05, 3.63) is 76.3 Å². The van der Waals surface area contributed by atoms with Crippen LogP contribution in [-0.2, 0) is 0 Å². The molecule has 0 aliphatic heterocycles. The first-order valence-electron chi connectivity index (χ1n) is 8.22. The summed E-state index contributed by atoms with van der Waals surface area (Å²) < 4.78 is 19.4. The summed E-state index contributed by atoms with van der Waals surface area (Å²) in [5, 5.41) is 6.89. The molecule has 0 saturated heterocycles. The van der Waals surface area contributed by atoms with Gasteiger partial charge >= 0.3 is 0 Å². The molecular weight excluding hydrogens is 355 g/mol. The molecule has 0 unspecified atom stereocenters. The number of aryl methyl sites for hydroxylation is 1. The molecule has 0 fully saturated rings. The summed E-state index contributed by atoms with van der Waals surface area (Å²) in [6.45, 7) is 4.06. The molecule has 1 heterocycles. The molecule has 3 rings (SSSR count). The van der Waals surface area contributed by atoms with Gasteiger partial charge in [-0.25, -0.2) is 4.39 Å². The number of amides is 1. The van der Waals surface area contributed by atoms with Crippen molar-refractivity contribution in [2.24, 2.45) is 0 Å². The van der Waals surface area contributed by atoms with E-state index in [9.17, 15) is 9.18 Å². The van der Waals surface area contributed by atoms with Gasteiger partial charge < -0.3 is 9.84 Å². The summed E-state index contributed by atoms with van der Waals surface area (Å²) in [5.74, 6) is -0.497. The SMILES string of the molecule is Cc1onc(-c2c(F)cccc2Cl)c1C(=O)NC[C@H](C)c1ccccc1. The third kappa shape index (κ3) is 3.63. The van der Waals surface area contributed by atoms with Crippen molar-refractivity contribution in [1.82, 2.24) is 10.5 Å². The third-order valence-corrected chi connectivity index (χ3v) is 4.54. The van der Waals surface area contributed by atoms with E-state index in [1.54, 1.807) is 13.0 Å². The minimum absolute atomic E-state index is 0.0623. The molecule has 134 valence electrons. The van der Waals surface area contributed by atoms with Crippen LogP contribution in [0.15, 0.2) is 53.1 Å². The van der Waals surface area contributed by atoms with Crippen LogP contribution in [0, 0.1) is 12.7 Å². The Morgan fingerprint density at radius 3 is 2.65 bits per heavy atom. The van der Waals surface area contributed by atoms with E-state index >= 15 is 0 Å². The number of halogens is 2. The van der Waals surface area contributed by atoms with E-state index in [1.165, 1.54) is 12.1 Å². The van der Waals surface area contributed by atoms with Crippen LogP contribution in [0.4, 0.5) is 4.39 Å². The zero-order valence-corrected chi connectivity index (χ0v) is 15.2. The van der Waals surface area contributed by atoms with E-state index in [4.69, 9.17) is 16.1 Å². The van der Waals surface area contributed by atoms with Crippen LogP contribution in [0.5, 0.6) is 0 Å². The van der Waals surface area contributed by atoms with Crippen LogP contribution in [0.2, 0.25) is 5.02 Å². The van der Waals surface area contributed by atoms with Crippen LogP contribution >= 0.6 is 11.6 Å². The minimum Gasteiger partial charge on any atom is -0.360 e. The largest absolute Gasteiger partial charge is 0.360 e. The monoisotopic (exact) mass is 372 g/mol. The van der Waals surface area contributed by atoms with Crippen LogP contribution in [0.3, 0.4) is 0 Å². The van der Waals surface area contributed by atoms with Crippen LogP contribution in [-0.4, -0.2) is 17.6 Å². The Hall–Kier alpha value is -2.66. The van der Waals surface area contributed by atoms with Crippen molar-refractivity contribution in [3.8, 4) is 11.3 Å². The fraction of sp³-hybridized carbons (Fsp3) is 0.200. The standard InChI is InChI=1S/C20H18ClFN2O2/c1-12(14-7-4-3-5-8-14)11-23-20(25)17-13(2)26-24-19(17)18-15(21)9-6-10-16(18)22/h3-10,12H,11H2,1-2H3,(H,23,25)/t12-/m0/s1. The fourth-order valence-electron chi connectivity index (χ4n) is 2.77. The quantitative estimate of drug-likeness (QED) is 0.687. The predicted octanol–water partition coefficient (Wildman–Crippen LogP) is 4.98. The van der Waals surface area contributed by atoms with Gasteiger partial charge in [0, 0.05) is 6.54 Å². The first kappa shape index (κ1) is 18.1. The van der Waals surface area contributed by atoms with Crippen molar-refractivity contribution in [2.75, 3.05) is 6.54 Å². The summed E-state index contributed by atoms with van der Waals surface area (Å²) in [7, 11) is 0. The second-order valence-electron chi connectivity index (χ2n) is 6.08. The lowest BCUT2D eigenvalue weighted by Crippen LogP contribution is -2.28. The molecular formula is C20H18ClFN2O2. The fourth-order valence-corrected chi connectivity index (χ4v) is 3.02. The van der Waals surface area contributed by atoms with Gasteiger partial charge in [-0.3, -0.25) is 4.79 Å². The van der Waals surface area contributed by atoms with Crippen molar-refractivity contribution in [3.63, 3.8) is 0 Å². The summed E-state index contributed by atoms with van der Waals surface area (Å²) >= 11 is 6.10. The van der Waals surface area contributed by atoms with Crippen molar-refractivity contribution in [1.29, 1.82) is 0 Å². The normalized spacial score (nSPS) is 12.0. The number of carbonyl (C=O) groups is 1. The Balaban J connectivity index is 1.84. The van der Waals surface area contributed by atoms with Crippen LogP contribution in [0.25, 0.3) is 11.3 Å². The molecule has 1 N–H and O–H groups in total. The van der Waals surface area contributed by atoms with Gasteiger partial charge in [0.05, 0.1) is 10.6 Å². The zero-order valence-electron chi connectivity index (χ0n) is 14.4. The van der Waals surface area contributed by atoms with Crippen molar-refractivity contribution in [2.45, 2.75) is 19.8 Å². The highest BCUT2D eigenvalue weighted by molar-refractivity contribution is 6.33. The van der Waals surface area contributed by atoms with E-state index in [-0.39, 0.29) is 33.7 Å². The molecule has 3 aromatic rings. The topological polar surface area (TPSA) is 55.1 Å². The maximum atomic E-state index is 14.2. The minimum atomic E-state index is -0.558. The molecule has 0 radical (unpaired) electrons. The Morgan fingerprint density at radius 2 is 1.96 bits per heavy atom. The summed E-state index contributed by atoms with van der Waals surface area (Å²) in [5.41, 5.74) is 1.48. The lowest BCUT2D eigenvalue weighted by atomic mass is 10.0. The number of nitrogens with one attached hydrogen (secondary N) is 1. The average molecular weight is 373 g/mol. The Morgan fingerprint density at radius 1 is 1.23 bits per heavy atom. The first-order valence-corrected chi connectivity index (χ1v) is 8.60. The maximum absolute atomic E-state index is 14.2. The van der Waals surface area contributed by atoms with E-state index in [0.717, 1.165) is 5.56 Å². The highest BCUT2D eigenvalue weighted by Crippen LogP contribution is 2.33. The third-order valence-electron chi connectivity index (χ3n) is 4.23. The Kier molecular flexibility index (Phi) is 5.38. The molecule has 1 atom stereocenters. The molecule has 0 spiro atoms. The average Bonchev–Trinajstić information content (AvgIpc) is 3.01. The highest BCUT2D eigenvalue weighted by Gasteiger charge is 2.25. The molecule has 1 aromatic heterocycles. The number of hydrogen-bond donors (Lipinski definition) is 1. The van der Waals surface area contributed by atoms with Crippen LogP contribution < -0.4 is 5.32 Å². The molecule has 0 aliphatic carbocycles. The van der Waals surface area contributed by atoms with E-state index < -0.39 is 5.82 Å². The van der Waals surface area contributed by atoms with Gasteiger partial charge in [0.25, 0.3) is 5.91 Å². The van der Waals surface area contributed by atoms with Gasteiger partial charge in [0.15, 0.2) is 0 Å². The lowest BCUT2D eigenvalue weighted by molar-refractivity contribution is 0.0950. The number of benzene rings is 2. The second-order valence-corrected chi connectivity index (χ2v) is 6.49. The molecule has 1 amide bonds. The lowest BCUT2D eigenvalue weighted by Gasteiger charge is -2.13. The summed E-state index contributed by atoms with van der Waals surface area (Å²) in [6.07, 6.45) is 0. The maximum Gasteiger partial charge on any atom is 0.257 e. The molecule has 6 heteroatoms. The van der Waals surface area contributed by atoms with Gasteiger partial charge in [0.2, 0.25) is 0 Å². The van der Waals surface area contributed by atoms with Gasteiger partial charge in [-0.15, -0.1) is 0 Å². The van der Waals surface area contributed by atoms with Gasteiger partial charge in [-0.05, 0) is 30.5 Å². The molecule has 0 saturated carbocycles. The van der Waals surface area contributed by atoms with Gasteiger partial charge in [0.1, 0.15) is 22.8 Å². The van der Waals surface area contributed by atoms with Crippen molar-refractivity contribution < 1.29 is 13.7 Å². The predicted molar refractivity (Wildman–Crippen MR) is 98.8 cm³/mol. The first-order chi connectivity index (χ1) is 12.5. The number of rotatable bonds is 5. The molecule has 2 aromatic carbocycles. The Bertz CT molecular complexity index is 905. The van der Waals surface area contributed by atoms with Crippen molar-refractivity contribution >= 4 is 17.5 Å². The Labute approximate surface area is 156 Å². The smallest absolute Gasteiger partial charge is 0.257 e. The molecule has 4 nitrogen and oxygen atoms in total. The summed E-state index contributed by atoms with van der Waals surface area (Å²) in [6, 6.07) is 14.2. The highest BCUT2D eigenvalue weighted by atomic mass is 35.5. The van der Waals surface area contributed by atoms with E-state index in [2.05, 4.69) is 10.5 Å². The number of carbonyl (C=O) groups excluding carboxylic acids is 1. The van der Waals surface area contributed by atoms with E-state index in [1.807, 2.05) is 37.3 Å². The number of nitrogens with zero attached hydrogens (tertiary/aromatic N) is 1. The van der Waals surface area contributed by atoms with Gasteiger partial charge in [-0.1, -0.05) is 60.1 Å². The second kappa shape index (κ2) is 7.70. The summed E-state index contributed by atoms with van der Waals surface area (Å²) in [4.78, 5) is 12.7. The number of aromatic nitrogens is 1.